The fraction of sp³-hybridized carbons (Fsp3) is 0.846. The van der Waals surface area contributed by atoms with E-state index >= 15 is 0 Å². The zero-order valence-corrected chi connectivity index (χ0v) is 11.1. The number of likely N-dealkylation sites (N-methyl/N-ethyl adjacent to an activating group) is 1. The van der Waals surface area contributed by atoms with Crippen molar-refractivity contribution in [1.82, 2.24) is 10.2 Å². The van der Waals surface area contributed by atoms with Gasteiger partial charge in [-0.15, -0.1) is 0 Å². The van der Waals surface area contributed by atoms with Crippen molar-refractivity contribution in [3.63, 3.8) is 0 Å². The van der Waals surface area contributed by atoms with Crippen LogP contribution >= 0.6 is 0 Å². The summed E-state index contributed by atoms with van der Waals surface area (Å²) in [6.45, 7) is 14.8. The second-order valence-corrected chi connectivity index (χ2v) is 4.97. The molecule has 0 aliphatic rings. The first-order valence-corrected chi connectivity index (χ1v) is 6.01. The van der Waals surface area contributed by atoms with E-state index in [2.05, 4.69) is 51.5 Å². The molecular weight excluding hydrogens is 184 g/mol. The fourth-order valence-corrected chi connectivity index (χ4v) is 1.59. The molecule has 0 amide bonds. The lowest BCUT2D eigenvalue weighted by molar-refractivity contribution is 0.261. The number of rotatable bonds is 8. The van der Waals surface area contributed by atoms with Gasteiger partial charge in [0, 0.05) is 18.6 Å². The molecule has 0 heterocycles. The van der Waals surface area contributed by atoms with E-state index in [9.17, 15) is 0 Å². The summed E-state index contributed by atoms with van der Waals surface area (Å²) in [4.78, 5) is 2.37. The molecule has 2 nitrogen and oxygen atoms in total. The molecule has 0 aliphatic carbocycles. The molecular formula is C13H28N2. The quantitative estimate of drug-likeness (QED) is 0.491. The van der Waals surface area contributed by atoms with Crippen LogP contribution < -0.4 is 5.32 Å². The first-order valence-electron chi connectivity index (χ1n) is 6.01. The van der Waals surface area contributed by atoms with Gasteiger partial charge in [-0.25, -0.2) is 0 Å². The van der Waals surface area contributed by atoms with Gasteiger partial charge in [0.2, 0.25) is 0 Å². The Hall–Kier alpha value is -0.340. The van der Waals surface area contributed by atoms with Crippen molar-refractivity contribution in [1.29, 1.82) is 0 Å². The van der Waals surface area contributed by atoms with Crippen LogP contribution in [0.1, 0.15) is 40.5 Å². The average molecular weight is 212 g/mol. The van der Waals surface area contributed by atoms with Gasteiger partial charge in [0.15, 0.2) is 0 Å². The monoisotopic (exact) mass is 212 g/mol. The smallest absolute Gasteiger partial charge is 0.0187 e. The Balaban J connectivity index is 3.55. The average Bonchev–Trinajstić information content (AvgIpc) is 2.10. The van der Waals surface area contributed by atoms with Gasteiger partial charge in [-0.05, 0) is 40.3 Å². The maximum Gasteiger partial charge on any atom is 0.0187 e. The number of nitrogens with one attached hydrogen (secondary N) is 1. The molecule has 0 aliphatic heterocycles. The third kappa shape index (κ3) is 8.64. The van der Waals surface area contributed by atoms with Gasteiger partial charge in [0.05, 0.1) is 0 Å². The first kappa shape index (κ1) is 14.7. The predicted molar refractivity (Wildman–Crippen MR) is 69.3 cm³/mol. The van der Waals surface area contributed by atoms with E-state index in [1.165, 1.54) is 18.4 Å². The van der Waals surface area contributed by atoms with Crippen LogP contribution in [0.5, 0.6) is 0 Å². The summed E-state index contributed by atoms with van der Waals surface area (Å²) in [5, 5.41) is 3.44. The Kier molecular flexibility index (Phi) is 7.71. The SMILES string of the molecule is C=C(C)CN(C)C(C)CCCNC(C)C. The van der Waals surface area contributed by atoms with E-state index in [0.29, 0.717) is 12.1 Å². The highest BCUT2D eigenvalue weighted by atomic mass is 15.1. The van der Waals surface area contributed by atoms with Crippen molar-refractivity contribution in [3.8, 4) is 0 Å². The lowest BCUT2D eigenvalue weighted by Crippen LogP contribution is -2.31. The Morgan fingerprint density at radius 3 is 2.40 bits per heavy atom. The summed E-state index contributed by atoms with van der Waals surface area (Å²) < 4.78 is 0. The first-order chi connectivity index (χ1) is 6.93. The summed E-state index contributed by atoms with van der Waals surface area (Å²) in [6.07, 6.45) is 2.50. The Morgan fingerprint density at radius 1 is 1.33 bits per heavy atom. The standard InChI is InChI=1S/C13H28N2/c1-11(2)10-15(6)13(5)8-7-9-14-12(3)4/h12-14H,1,7-10H2,2-6H3. The van der Waals surface area contributed by atoms with Crippen molar-refractivity contribution in [2.24, 2.45) is 0 Å². The molecule has 0 bridgehead atoms. The van der Waals surface area contributed by atoms with E-state index in [1.54, 1.807) is 0 Å². The van der Waals surface area contributed by atoms with Crippen molar-refractivity contribution in [2.75, 3.05) is 20.1 Å². The zero-order valence-electron chi connectivity index (χ0n) is 11.1. The second-order valence-electron chi connectivity index (χ2n) is 4.97. The predicted octanol–water partition coefficient (Wildman–Crippen LogP) is 2.66. The lowest BCUT2D eigenvalue weighted by atomic mass is 10.1. The minimum atomic E-state index is 0.605. The topological polar surface area (TPSA) is 15.3 Å². The molecule has 2 heteroatoms. The number of hydrogen-bond acceptors (Lipinski definition) is 2. The van der Waals surface area contributed by atoms with Gasteiger partial charge in [0.1, 0.15) is 0 Å². The van der Waals surface area contributed by atoms with Gasteiger partial charge in [-0.3, -0.25) is 4.90 Å². The summed E-state index contributed by atoms with van der Waals surface area (Å²) >= 11 is 0. The molecule has 0 fully saturated rings. The van der Waals surface area contributed by atoms with Crippen LogP contribution in [-0.2, 0) is 0 Å². The molecule has 1 N–H and O–H groups in total. The Labute approximate surface area is 95.7 Å². The Bertz CT molecular complexity index is 175. The molecule has 0 spiro atoms. The minimum absolute atomic E-state index is 0.605. The van der Waals surface area contributed by atoms with Crippen LogP contribution in [0.25, 0.3) is 0 Å². The fourth-order valence-electron chi connectivity index (χ4n) is 1.59. The van der Waals surface area contributed by atoms with Gasteiger partial charge < -0.3 is 5.32 Å². The molecule has 90 valence electrons. The third-order valence-electron chi connectivity index (χ3n) is 2.62. The lowest BCUT2D eigenvalue weighted by Gasteiger charge is -2.24. The van der Waals surface area contributed by atoms with Crippen molar-refractivity contribution >= 4 is 0 Å². The number of hydrogen-bond donors (Lipinski definition) is 1. The summed E-state index contributed by atoms with van der Waals surface area (Å²) in [7, 11) is 2.18. The molecule has 0 rings (SSSR count). The van der Waals surface area contributed by atoms with Crippen molar-refractivity contribution in [2.45, 2.75) is 52.6 Å². The van der Waals surface area contributed by atoms with Crippen LogP contribution in [0.3, 0.4) is 0 Å². The largest absolute Gasteiger partial charge is 0.315 e. The van der Waals surface area contributed by atoms with Crippen molar-refractivity contribution < 1.29 is 0 Å². The number of nitrogens with zero attached hydrogens (tertiary/aromatic N) is 1. The van der Waals surface area contributed by atoms with E-state index in [1.807, 2.05) is 0 Å². The molecule has 0 aromatic heterocycles. The molecule has 0 saturated heterocycles. The van der Waals surface area contributed by atoms with Gasteiger partial charge in [0.25, 0.3) is 0 Å². The van der Waals surface area contributed by atoms with Crippen LogP contribution in [0.4, 0.5) is 0 Å². The van der Waals surface area contributed by atoms with Gasteiger partial charge in [-0.2, -0.15) is 0 Å². The van der Waals surface area contributed by atoms with Crippen LogP contribution in [0.15, 0.2) is 12.2 Å². The molecule has 1 atom stereocenters. The van der Waals surface area contributed by atoms with Gasteiger partial charge >= 0.3 is 0 Å². The van der Waals surface area contributed by atoms with Crippen LogP contribution in [0.2, 0.25) is 0 Å². The van der Waals surface area contributed by atoms with E-state index in [4.69, 9.17) is 0 Å². The molecule has 1 unspecified atom stereocenters. The minimum Gasteiger partial charge on any atom is -0.315 e. The summed E-state index contributed by atoms with van der Waals surface area (Å²) in [5.74, 6) is 0. The van der Waals surface area contributed by atoms with E-state index in [0.717, 1.165) is 13.1 Å². The van der Waals surface area contributed by atoms with E-state index in [-0.39, 0.29) is 0 Å². The normalized spacial score (nSPS) is 13.5. The van der Waals surface area contributed by atoms with Crippen molar-refractivity contribution in [3.05, 3.63) is 12.2 Å². The molecule has 0 aromatic rings. The zero-order chi connectivity index (χ0) is 11.8. The summed E-state index contributed by atoms with van der Waals surface area (Å²) in [5.41, 5.74) is 1.24. The third-order valence-corrected chi connectivity index (χ3v) is 2.62. The highest BCUT2D eigenvalue weighted by molar-refractivity contribution is 4.92. The van der Waals surface area contributed by atoms with Crippen LogP contribution in [-0.4, -0.2) is 37.1 Å². The summed E-state index contributed by atoms with van der Waals surface area (Å²) in [6, 6.07) is 1.25. The maximum absolute atomic E-state index is 3.94. The highest BCUT2D eigenvalue weighted by Crippen LogP contribution is 2.05. The van der Waals surface area contributed by atoms with E-state index < -0.39 is 0 Å². The highest BCUT2D eigenvalue weighted by Gasteiger charge is 2.08. The molecule has 0 saturated carbocycles. The molecule has 0 aromatic carbocycles. The maximum atomic E-state index is 3.94. The Morgan fingerprint density at radius 2 is 1.93 bits per heavy atom. The van der Waals surface area contributed by atoms with Crippen LogP contribution in [0, 0.1) is 0 Å². The molecule has 0 radical (unpaired) electrons. The van der Waals surface area contributed by atoms with Gasteiger partial charge in [-0.1, -0.05) is 26.0 Å². The second kappa shape index (κ2) is 7.89. The molecule has 15 heavy (non-hydrogen) atoms.